The summed E-state index contributed by atoms with van der Waals surface area (Å²) in [6.45, 7) is 0. The summed E-state index contributed by atoms with van der Waals surface area (Å²) in [4.78, 5) is 2.31. The molecule has 2 rings (SSSR count). The number of benzene rings is 1. The number of rotatable bonds is 1. The van der Waals surface area contributed by atoms with E-state index in [0.717, 1.165) is 18.5 Å². The molecule has 0 aliphatic heterocycles. The first kappa shape index (κ1) is 12.3. The smallest absolute Gasteiger partial charge is 0.0349 e. The monoisotopic (exact) mass is 226 g/mol. The van der Waals surface area contributed by atoms with Gasteiger partial charge in [-0.2, -0.15) is 0 Å². The van der Waals surface area contributed by atoms with Crippen LogP contribution in [0, 0.1) is 0 Å². The fourth-order valence-corrected chi connectivity index (χ4v) is 2.26. The van der Waals surface area contributed by atoms with Crippen LogP contribution in [0.4, 0.5) is 5.69 Å². The molecule has 1 aliphatic carbocycles. The van der Waals surface area contributed by atoms with Gasteiger partial charge in [-0.3, -0.25) is 0 Å². The van der Waals surface area contributed by atoms with E-state index in [9.17, 15) is 0 Å². The number of hydrogen-bond donors (Lipinski definition) is 1. The van der Waals surface area contributed by atoms with Crippen molar-refractivity contribution in [3.8, 4) is 0 Å². The number of nitrogen functional groups attached to an aromatic ring is 1. The van der Waals surface area contributed by atoms with Gasteiger partial charge in [0.1, 0.15) is 0 Å². The Labute approximate surface area is 97.9 Å². The topological polar surface area (TPSA) is 29.3 Å². The summed E-state index contributed by atoms with van der Waals surface area (Å²) in [6, 6.07) is 6.96. The van der Waals surface area contributed by atoms with Gasteiger partial charge in [-0.1, -0.05) is 12.1 Å². The average Bonchev–Trinajstić information content (AvgIpc) is 2.17. The van der Waals surface area contributed by atoms with E-state index in [2.05, 4.69) is 31.1 Å². The zero-order chi connectivity index (χ0) is 10.1. The van der Waals surface area contributed by atoms with Gasteiger partial charge in [0, 0.05) is 11.7 Å². The van der Waals surface area contributed by atoms with Gasteiger partial charge in [-0.25, -0.2) is 0 Å². The second kappa shape index (κ2) is 4.86. The highest BCUT2D eigenvalue weighted by Gasteiger charge is 2.20. The standard InChI is InChI=1S/C12H18N2.ClH/c1-14(2)10-6-7-11-9(8-10)4-3-5-12(11)13;/h3-5,10H,6-8,13H2,1-2H3;1H/t10-;/m0./s1. The number of anilines is 1. The summed E-state index contributed by atoms with van der Waals surface area (Å²) in [5, 5.41) is 0. The zero-order valence-corrected chi connectivity index (χ0v) is 10.2. The summed E-state index contributed by atoms with van der Waals surface area (Å²) in [7, 11) is 4.31. The highest BCUT2D eigenvalue weighted by atomic mass is 35.5. The second-order valence-electron chi connectivity index (χ2n) is 4.35. The normalized spacial score (nSPS) is 19.5. The predicted molar refractivity (Wildman–Crippen MR) is 67.6 cm³/mol. The van der Waals surface area contributed by atoms with E-state index in [4.69, 9.17) is 5.73 Å². The van der Waals surface area contributed by atoms with E-state index in [1.807, 2.05) is 6.07 Å². The molecule has 0 saturated heterocycles. The summed E-state index contributed by atoms with van der Waals surface area (Å²) < 4.78 is 0. The molecule has 1 atom stereocenters. The van der Waals surface area contributed by atoms with Crippen LogP contribution in [0.5, 0.6) is 0 Å². The molecule has 3 heteroatoms. The van der Waals surface area contributed by atoms with Crippen LogP contribution in [0.25, 0.3) is 0 Å². The Balaban J connectivity index is 0.00000112. The Bertz CT molecular complexity index is 336. The highest BCUT2D eigenvalue weighted by molar-refractivity contribution is 5.85. The first-order valence-electron chi connectivity index (χ1n) is 5.21. The van der Waals surface area contributed by atoms with E-state index >= 15 is 0 Å². The predicted octanol–water partition coefficient (Wildman–Crippen LogP) is 2.11. The third kappa shape index (κ3) is 2.44. The van der Waals surface area contributed by atoms with Crippen LogP contribution < -0.4 is 5.73 Å². The van der Waals surface area contributed by atoms with Gasteiger partial charge in [-0.05, 0) is 50.6 Å². The lowest BCUT2D eigenvalue weighted by Crippen LogP contribution is -2.33. The average molecular weight is 227 g/mol. The minimum atomic E-state index is 0. The molecule has 0 spiro atoms. The van der Waals surface area contributed by atoms with Crippen molar-refractivity contribution < 1.29 is 0 Å². The number of hydrogen-bond acceptors (Lipinski definition) is 2. The first-order valence-corrected chi connectivity index (χ1v) is 5.21. The van der Waals surface area contributed by atoms with Crippen molar-refractivity contribution in [3.05, 3.63) is 29.3 Å². The molecular weight excluding hydrogens is 208 g/mol. The highest BCUT2D eigenvalue weighted by Crippen LogP contribution is 2.27. The molecule has 0 heterocycles. The summed E-state index contributed by atoms with van der Waals surface area (Å²) >= 11 is 0. The van der Waals surface area contributed by atoms with Crippen molar-refractivity contribution in [2.75, 3.05) is 19.8 Å². The molecule has 2 N–H and O–H groups in total. The largest absolute Gasteiger partial charge is 0.398 e. The maximum absolute atomic E-state index is 5.95. The van der Waals surface area contributed by atoms with Crippen molar-refractivity contribution in [2.24, 2.45) is 0 Å². The van der Waals surface area contributed by atoms with Crippen molar-refractivity contribution >= 4 is 18.1 Å². The minimum Gasteiger partial charge on any atom is -0.398 e. The Hall–Kier alpha value is -0.730. The maximum atomic E-state index is 5.95. The fourth-order valence-electron chi connectivity index (χ4n) is 2.26. The van der Waals surface area contributed by atoms with Crippen LogP contribution in [0.15, 0.2) is 18.2 Å². The second-order valence-corrected chi connectivity index (χ2v) is 4.35. The number of nitrogens with two attached hydrogens (primary N) is 1. The molecule has 1 aliphatic rings. The zero-order valence-electron chi connectivity index (χ0n) is 9.36. The van der Waals surface area contributed by atoms with Crippen molar-refractivity contribution in [1.29, 1.82) is 0 Å². The van der Waals surface area contributed by atoms with Crippen molar-refractivity contribution in [2.45, 2.75) is 25.3 Å². The Kier molecular flexibility index (Phi) is 4.00. The van der Waals surface area contributed by atoms with Crippen LogP contribution in [0.3, 0.4) is 0 Å². The quantitative estimate of drug-likeness (QED) is 0.744. The Morgan fingerprint density at radius 2 is 2.07 bits per heavy atom. The van der Waals surface area contributed by atoms with E-state index in [-0.39, 0.29) is 12.4 Å². The van der Waals surface area contributed by atoms with Crippen LogP contribution in [-0.2, 0) is 12.8 Å². The summed E-state index contributed by atoms with van der Waals surface area (Å²) in [5.74, 6) is 0. The molecule has 0 unspecified atom stereocenters. The number of fused-ring (bicyclic) bond motifs is 1. The fraction of sp³-hybridized carbons (Fsp3) is 0.500. The lowest BCUT2D eigenvalue weighted by atomic mass is 9.87. The lowest BCUT2D eigenvalue weighted by Gasteiger charge is -2.30. The third-order valence-electron chi connectivity index (χ3n) is 3.22. The molecule has 1 aromatic rings. The molecule has 0 radical (unpaired) electrons. The van der Waals surface area contributed by atoms with Gasteiger partial charge in [-0.15, -0.1) is 12.4 Å². The molecule has 0 saturated carbocycles. The van der Waals surface area contributed by atoms with Crippen LogP contribution >= 0.6 is 12.4 Å². The van der Waals surface area contributed by atoms with Crippen LogP contribution in [0.1, 0.15) is 17.5 Å². The van der Waals surface area contributed by atoms with E-state index in [1.165, 1.54) is 17.5 Å². The van der Waals surface area contributed by atoms with Crippen LogP contribution in [0.2, 0.25) is 0 Å². The van der Waals surface area contributed by atoms with Gasteiger partial charge in [0.15, 0.2) is 0 Å². The van der Waals surface area contributed by atoms with Crippen molar-refractivity contribution in [1.82, 2.24) is 4.90 Å². The Morgan fingerprint density at radius 1 is 1.33 bits per heavy atom. The molecule has 84 valence electrons. The van der Waals surface area contributed by atoms with E-state index in [0.29, 0.717) is 6.04 Å². The van der Waals surface area contributed by atoms with E-state index in [1.54, 1.807) is 0 Å². The molecule has 15 heavy (non-hydrogen) atoms. The lowest BCUT2D eigenvalue weighted by molar-refractivity contribution is 0.268. The maximum Gasteiger partial charge on any atom is 0.0349 e. The van der Waals surface area contributed by atoms with Crippen molar-refractivity contribution in [3.63, 3.8) is 0 Å². The number of nitrogens with zero attached hydrogens (tertiary/aromatic N) is 1. The molecule has 0 bridgehead atoms. The van der Waals surface area contributed by atoms with Crippen LogP contribution in [-0.4, -0.2) is 25.0 Å². The summed E-state index contributed by atoms with van der Waals surface area (Å²) in [5.41, 5.74) is 9.74. The SMILES string of the molecule is CN(C)[C@H]1CCc2c(N)cccc2C1.Cl. The molecule has 0 fully saturated rings. The van der Waals surface area contributed by atoms with E-state index < -0.39 is 0 Å². The molecule has 2 nitrogen and oxygen atoms in total. The number of likely N-dealkylation sites (N-methyl/N-ethyl adjacent to an activating group) is 1. The van der Waals surface area contributed by atoms with Gasteiger partial charge in [0.2, 0.25) is 0 Å². The number of halogens is 1. The van der Waals surface area contributed by atoms with Gasteiger partial charge < -0.3 is 10.6 Å². The van der Waals surface area contributed by atoms with Gasteiger partial charge >= 0.3 is 0 Å². The molecular formula is C12H19ClN2. The van der Waals surface area contributed by atoms with Gasteiger partial charge in [0.05, 0.1) is 0 Å². The minimum absolute atomic E-state index is 0. The molecule has 0 amide bonds. The molecule has 1 aromatic carbocycles. The summed E-state index contributed by atoms with van der Waals surface area (Å²) in [6.07, 6.45) is 3.51. The Morgan fingerprint density at radius 3 is 2.73 bits per heavy atom. The van der Waals surface area contributed by atoms with Gasteiger partial charge in [0.25, 0.3) is 0 Å². The first-order chi connectivity index (χ1) is 6.68. The third-order valence-corrected chi connectivity index (χ3v) is 3.22. The molecule has 0 aromatic heterocycles.